The summed E-state index contributed by atoms with van der Waals surface area (Å²) in [7, 11) is 0. The highest BCUT2D eigenvalue weighted by atomic mass is 16.6. The van der Waals surface area contributed by atoms with Gasteiger partial charge in [0.15, 0.2) is 12.2 Å². The van der Waals surface area contributed by atoms with Crippen LogP contribution in [0.2, 0.25) is 0 Å². The third-order valence-corrected chi connectivity index (χ3v) is 8.81. The van der Waals surface area contributed by atoms with Gasteiger partial charge in [-0.15, -0.1) is 0 Å². The van der Waals surface area contributed by atoms with Gasteiger partial charge in [0, 0.05) is 0 Å². The molecule has 5 heteroatoms. The summed E-state index contributed by atoms with van der Waals surface area (Å²) < 4.78 is 17.7. The van der Waals surface area contributed by atoms with Crippen molar-refractivity contribution in [2.75, 3.05) is 13.2 Å². The molecule has 242 valence electrons. The predicted octanol–water partition coefficient (Wildman–Crippen LogP) is 10.5. The Hall–Kier alpha value is -1.10. The molecule has 0 aliphatic carbocycles. The summed E-state index contributed by atoms with van der Waals surface area (Å²) in [5, 5.41) is 0. The van der Waals surface area contributed by atoms with Crippen molar-refractivity contribution in [3.8, 4) is 0 Å². The summed E-state index contributed by atoms with van der Waals surface area (Å²) in [6.45, 7) is 9.55. The van der Waals surface area contributed by atoms with E-state index in [1.807, 2.05) is 0 Å². The maximum atomic E-state index is 13.3. The van der Waals surface area contributed by atoms with Crippen LogP contribution in [0.1, 0.15) is 182 Å². The Kier molecular flexibility index (Phi) is 24.5. The lowest BCUT2D eigenvalue weighted by molar-refractivity contribution is -0.169. The first-order valence-corrected chi connectivity index (χ1v) is 18.1. The van der Waals surface area contributed by atoms with Crippen molar-refractivity contribution in [1.29, 1.82) is 0 Å². The third-order valence-electron chi connectivity index (χ3n) is 8.81. The van der Waals surface area contributed by atoms with E-state index in [1.165, 1.54) is 103 Å². The van der Waals surface area contributed by atoms with E-state index in [-0.39, 0.29) is 23.8 Å². The summed E-state index contributed by atoms with van der Waals surface area (Å²) in [6.07, 6.45) is 26.6. The van der Waals surface area contributed by atoms with Crippen molar-refractivity contribution in [1.82, 2.24) is 0 Å². The van der Waals surface area contributed by atoms with Crippen molar-refractivity contribution in [2.24, 2.45) is 11.8 Å². The van der Waals surface area contributed by atoms with Gasteiger partial charge >= 0.3 is 11.9 Å². The molecule has 1 heterocycles. The molecule has 5 nitrogen and oxygen atoms in total. The van der Waals surface area contributed by atoms with Crippen LogP contribution in [-0.4, -0.2) is 37.4 Å². The number of hydrogen-bond donors (Lipinski definition) is 0. The molecule has 41 heavy (non-hydrogen) atoms. The van der Waals surface area contributed by atoms with Gasteiger partial charge in [0.05, 0.1) is 25.0 Å². The minimum atomic E-state index is -0.482. The lowest BCUT2D eigenvalue weighted by atomic mass is 9.94. The Morgan fingerprint density at radius 2 is 0.756 bits per heavy atom. The van der Waals surface area contributed by atoms with Crippen molar-refractivity contribution >= 4 is 11.9 Å². The molecular weight excluding hydrogens is 512 g/mol. The first-order valence-electron chi connectivity index (χ1n) is 18.1. The fourth-order valence-electron chi connectivity index (χ4n) is 5.96. The van der Waals surface area contributed by atoms with Gasteiger partial charge in [-0.25, -0.2) is 0 Å². The first-order chi connectivity index (χ1) is 20.1. The Morgan fingerprint density at radius 3 is 1.07 bits per heavy atom. The van der Waals surface area contributed by atoms with Crippen molar-refractivity contribution < 1.29 is 23.8 Å². The number of carbonyl (C=O) groups is 2. The van der Waals surface area contributed by atoms with Gasteiger partial charge in [0.1, 0.15) is 0 Å². The highest BCUT2D eigenvalue weighted by Crippen LogP contribution is 2.26. The number of carbonyl (C=O) groups excluding carboxylic acids is 2. The number of unbranched alkanes of at least 4 members (excludes halogenated alkanes) is 16. The molecule has 0 amide bonds. The van der Waals surface area contributed by atoms with Crippen molar-refractivity contribution in [3.63, 3.8) is 0 Å². The molecule has 4 unspecified atom stereocenters. The van der Waals surface area contributed by atoms with E-state index in [0.717, 1.165) is 51.4 Å². The maximum absolute atomic E-state index is 13.3. The second-order valence-corrected chi connectivity index (χ2v) is 12.7. The highest BCUT2D eigenvalue weighted by Gasteiger charge is 2.37. The van der Waals surface area contributed by atoms with Crippen LogP contribution >= 0.6 is 0 Å². The Balaban J connectivity index is 2.65. The molecule has 1 aliphatic rings. The third kappa shape index (κ3) is 18.9. The number of rotatable bonds is 28. The number of esters is 2. The highest BCUT2D eigenvalue weighted by molar-refractivity contribution is 5.73. The minimum absolute atomic E-state index is 0.0611. The van der Waals surface area contributed by atoms with E-state index in [1.54, 1.807) is 0 Å². The second kappa shape index (κ2) is 26.5. The van der Waals surface area contributed by atoms with Gasteiger partial charge in [-0.2, -0.15) is 0 Å². The van der Waals surface area contributed by atoms with Gasteiger partial charge in [-0.3, -0.25) is 9.59 Å². The zero-order valence-corrected chi connectivity index (χ0v) is 27.7. The quantitative estimate of drug-likeness (QED) is 0.0680. The minimum Gasteiger partial charge on any atom is -0.456 e. The normalized spacial score (nSPS) is 18.3. The summed E-state index contributed by atoms with van der Waals surface area (Å²) in [5.41, 5.74) is 0. The Labute approximate surface area is 254 Å². The van der Waals surface area contributed by atoms with Crippen LogP contribution in [0, 0.1) is 11.8 Å². The van der Waals surface area contributed by atoms with Crippen LogP contribution < -0.4 is 0 Å². The first kappa shape index (κ1) is 37.9. The molecular formula is C36H68O5. The van der Waals surface area contributed by atoms with Crippen molar-refractivity contribution in [2.45, 2.75) is 194 Å². The Bertz CT molecular complexity index is 569. The second-order valence-electron chi connectivity index (χ2n) is 12.7. The lowest BCUT2D eigenvalue weighted by Gasteiger charge is -2.24. The molecule has 1 fully saturated rings. The van der Waals surface area contributed by atoms with Crippen LogP contribution in [0.15, 0.2) is 0 Å². The van der Waals surface area contributed by atoms with Crippen LogP contribution in [0.5, 0.6) is 0 Å². The van der Waals surface area contributed by atoms with Gasteiger partial charge in [-0.1, -0.05) is 156 Å². The zero-order valence-electron chi connectivity index (χ0n) is 27.7. The van der Waals surface area contributed by atoms with Gasteiger partial charge in [-0.05, 0) is 25.7 Å². The van der Waals surface area contributed by atoms with Crippen LogP contribution in [0.4, 0.5) is 0 Å². The summed E-state index contributed by atoms with van der Waals surface area (Å²) in [4.78, 5) is 26.7. The van der Waals surface area contributed by atoms with E-state index in [9.17, 15) is 9.59 Å². The van der Waals surface area contributed by atoms with Crippen LogP contribution in [-0.2, 0) is 23.8 Å². The summed E-state index contributed by atoms with van der Waals surface area (Å²) in [5.74, 6) is -0.354. The van der Waals surface area contributed by atoms with E-state index in [2.05, 4.69) is 27.7 Å². The van der Waals surface area contributed by atoms with Crippen LogP contribution in [0.25, 0.3) is 0 Å². The summed E-state index contributed by atoms with van der Waals surface area (Å²) in [6, 6.07) is 0. The molecule has 0 spiro atoms. The predicted molar refractivity (Wildman–Crippen MR) is 171 cm³/mol. The van der Waals surface area contributed by atoms with E-state index in [4.69, 9.17) is 14.2 Å². The van der Waals surface area contributed by atoms with Gasteiger partial charge in [0.2, 0.25) is 0 Å². The van der Waals surface area contributed by atoms with E-state index >= 15 is 0 Å². The number of ether oxygens (including phenoxy) is 3. The molecule has 1 aliphatic heterocycles. The average molecular weight is 581 g/mol. The van der Waals surface area contributed by atoms with Gasteiger partial charge < -0.3 is 14.2 Å². The van der Waals surface area contributed by atoms with Gasteiger partial charge in [0.25, 0.3) is 0 Å². The smallest absolute Gasteiger partial charge is 0.309 e. The van der Waals surface area contributed by atoms with Crippen LogP contribution in [0.3, 0.4) is 0 Å². The van der Waals surface area contributed by atoms with E-state index in [0.29, 0.717) is 13.2 Å². The fourth-order valence-corrected chi connectivity index (χ4v) is 5.96. The molecule has 0 N–H and O–H groups in total. The number of hydrogen-bond acceptors (Lipinski definition) is 5. The Morgan fingerprint density at radius 1 is 0.488 bits per heavy atom. The molecule has 0 bridgehead atoms. The molecule has 1 rings (SSSR count). The van der Waals surface area contributed by atoms with Crippen molar-refractivity contribution in [3.05, 3.63) is 0 Å². The monoisotopic (exact) mass is 581 g/mol. The average Bonchev–Trinajstić information content (AvgIpc) is 3.40. The molecule has 1 saturated heterocycles. The molecule has 0 aromatic heterocycles. The SMILES string of the molecule is CCCCCCCCC(CCCCCC)C(=O)OC1COCC1OC(=O)C(CCCCCC)CCCCCCCC. The molecule has 0 aromatic carbocycles. The fraction of sp³-hybridized carbons (Fsp3) is 0.944. The topological polar surface area (TPSA) is 61.8 Å². The summed E-state index contributed by atoms with van der Waals surface area (Å²) >= 11 is 0. The lowest BCUT2D eigenvalue weighted by Crippen LogP contribution is -2.37. The standard InChI is InChI=1S/C36H68O5/c1-5-9-13-17-19-23-27-31(25-21-15-11-7-3)35(37)40-33-29-39-30-34(33)41-36(38)32(26-22-16-12-8-4)28-24-20-18-14-10-6-2/h31-34H,5-30H2,1-4H3. The maximum Gasteiger partial charge on any atom is 0.309 e. The molecule has 0 aromatic rings. The largest absolute Gasteiger partial charge is 0.456 e. The molecule has 4 atom stereocenters. The van der Waals surface area contributed by atoms with E-state index < -0.39 is 12.2 Å². The molecule has 0 saturated carbocycles. The zero-order chi connectivity index (χ0) is 30.0. The molecule has 0 radical (unpaired) electrons.